The van der Waals surface area contributed by atoms with E-state index < -0.39 is 17.7 Å². The zero-order chi connectivity index (χ0) is 22.2. The summed E-state index contributed by atoms with van der Waals surface area (Å²) >= 11 is 0. The van der Waals surface area contributed by atoms with Gasteiger partial charge in [-0.05, 0) is 49.4 Å². The first-order valence-electron chi connectivity index (χ1n) is 10.7. The fourth-order valence-corrected chi connectivity index (χ4v) is 4.22. The van der Waals surface area contributed by atoms with E-state index in [1.165, 1.54) is 6.92 Å². The van der Waals surface area contributed by atoms with Gasteiger partial charge < -0.3 is 9.47 Å². The lowest BCUT2D eigenvalue weighted by molar-refractivity contribution is -0.138. The lowest BCUT2D eigenvalue weighted by Crippen LogP contribution is -2.20. The lowest BCUT2D eigenvalue weighted by atomic mass is 9.91. The first-order chi connectivity index (χ1) is 14.8. The third kappa shape index (κ3) is 4.42. The van der Waals surface area contributed by atoms with E-state index in [4.69, 9.17) is 9.47 Å². The van der Waals surface area contributed by atoms with Crippen molar-refractivity contribution in [2.75, 3.05) is 6.61 Å². The molecule has 7 heteroatoms. The number of ether oxygens (including phenoxy) is 2. The molecule has 1 aliphatic heterocycles. The average Bonchev–Trinajstić information content (AvgIpc) is 3.47. The molecule has 0 amide bonds. The van der Waals surface area contributed by atoms with Gasteiger partial charge in [0.1, 0.15) is 17.1 Å². The molecule has 2 aromatic carbocycles. The van der Waals surface area contributed by atoms with Crippen molar-refractivity contribution in [3.05, 3.63) is 58.1 Å². The normalized spacial score (nSPS) is 16.3. The smallest absolute Gasteiger partial charge is 0.417 e. The number of unbranched alkanes of at least 4 members (excludes halogenated alkanes) is 1. The first kappa shape index (κ1) is 21.7. The van der Waals surface area contributed by atoms with Gasteiger partial charge in [0.25, 0.3) is 0 Å². The van der Waals surface area contributed by atoms with Crippen LogP contribution in [0.2, 0.25) is 0 Å². The highest BCUT2D eigenvalue weighted by molar-refractivity contribution is 5.97. The average molecular weight is 433 g/mol. The highest BCUT2D eigenvalue weighted by atomic mass is 19.4. The number of carbonyl (C=O) groups excluding carboxylic acids is 1. The molecule has 1 aliphatic carbocycles. The summed E-state index contributed by atoms with van der Waals surface area (Å²) in [5.41, 5.74) is -0.269. The van der Waals surface area contributed by atoms with Crippen molar-refractivity contribution < 1.29 is 27.4 Å². The Morgan fingerprint density at radius 1 is 1.13 bits per heavy atom. The third-order valence-corrected chi connectivity index (χ3v) is 5.89. The highest BCUT2D eigenvalue weighted by Crippen LogP contribution is 2.48. The summed E-state index contributed by atoms with van der Waals surface area (Å²) in [5, 5.41) is 0. The Balaban J connectivity index is 1.83. The Bertz CT molecular complexity index is 969. The van der Waals surface area contributed by atoms with Crippen LogP contribution in [-0.4, -0.2) is 23.5 Å². The standard InChI is InChI=1S/C24H26F3NO3/c1-3-4-12-30-22-19-14-28(16-10-11-16)13-18(19)21(24(25,26)27)15(2)20(22)23(29)31-17-8-6-5-7-9-17/h5-9,16H,3-4,10-14H2,1-2H3. The van der Waals surface area contributed by atoms with Crippen molar-refractivity contribution >= 4 is 5.97 Å². The molecule has 1 heterocycles. The number of benzene rings is 2. The van der Waals surface area contributed by atoms with Crippen LogP contribution < -0.4 is 9.47 Å². The van der Waals surface area contributed by atoms with E-state index in [0.29, 0.717) is 24.8 Å². The molecule has 2 aromatic rings. The molecule has 0 aromatic heterocycles. The maximum absolute atomic E-state index is 14.1. The lowest BCUT2D eigenvalue weighted by Gasteiger charge is -2.22. The van der Waals surface area contributed by atoms with Gasteiger partial charge >= 0.3 is 12.1 Å². The van der Waals surface area contributed by atoms with Gasteiger partial charge in [-0.3, -0.25) is 4.90 Å². The molecule has 0 N–H and O–H groups in total. The van der Waals surface area contributed by atoms with Crippen molar-refractivity contribution in [2.24, 2.45) is 0 Å². The van der Waals surface area contributed by atoms with Gasteiger partial charge in [0, 0.05) is 24.7 Å². The largest absolute Gasteiger partial charge is 0.492 e. The summed E-state index contributed by atoms with van der Waals surface area (Å²) in [4.78, 5) is 15.2. The van der Waals surface area contributed by atoms with Crippen LogP contribution in [0.1, 0.15) is 65.2 Å². The second kappa shape index (κ2) is 8.54. The number of halogens is 3. The summed E-state index contributed by atoms with van der Waals surface area (Å²) in [6, 6.07) is 8.66. The van der Waals surface area contributed by atoms with E-state index in [9.17, 15) is 18.0 Å². The van der Waals surface area contributed by atoms with Crippen LogP contribution in [0.25, 0.3) is 0 Å². The van der Waals surface area contributed by atoms with E-state index in [0.717, 1.165) is 25.7 Å². The molecular formula is C24H26F3NO3. The predicted octanol–water partition coefficient (Wildman–Crippen LogP) is 5.89. The minimum absolute atomic E-state index is 0.122. The van der Waals surface area contributed by atoms with Crippen molar-refractivity contribution in [1.82, 2.24) is 4.90 Å². The number of para-hydroxylation sites is 1. The molecule has 0 saturated heterocycles. The predicted molar refractivity (Wildman–Crippen MR) is 110 cm³/mol. The Morgan fingerprint density at radius 3 is 2.42 bits per heavy atom. The van der Waals surface area contributed by atoms with Gasteiger partial charge in [-0.15, -0.1) is 0 Å². The van der Waals surface area contributed by atoms with Gasteiger partial charge in [-0.25, -0.2) is 4.79 Å². The van der Waals surface area contributed by atoms with E-state index in [1.54, 1.807) is 30.3 Å². The molecule has 0 radical (unpaired) electrons. The van der Waals surface area contributed by atoms with Gasteiger partial charge in [0.05, 0.1) is 12.2 Å². The van der Waals surface area contributed by atoms with Crippen LogP contribution in [0.3, 0.4) is 0 Å². The maximum atomic E-state index is 14.1. The van der Waals surface area contributed by atoms with Gasteiger partial charge in [-0.2, -0.15) is 13.2 Å². The summed E-state index contributed by atoms with van der Waals surface area (Å²) in [6.45, 7) is 4.27. The summed E-state index contributed by atoms with van der Waals surface area (Å²) in [5.74, 6) is -0.300. The zero-order valence-corrected chi connectivity index (χ0v) is 17.7. The number of nitrogens with zero attached hydrogens (tertiary/aromatic N) is 1. The second-order valence-electron chi connectivity index (χ2n) is 8.20. The monoisotopic (exact) mass is 433 g/mol. The summed E-state index contributed by atoms with van der Waals surface area (Å²) in [6.07, 6.45) is -0.974. The summed E-state index contributed by atoms with van der Waals surface area (Å²) in [7, 11) is 0. The van der Waals surface area contributed by atoms with Crippen molar-refractivity contribution in [3.63, 3.8) is 0 Å². The molecule has 166 valence electrons. The third-order valence-electron chi connectivity index (χ3n) is 5.89. The summed E-state index contributed by atoms with van der Waals surface area (Å²) < 4.78 is 53.9. The minimum atomic E-state index is -4.57. The fraction of sp³-hybridized carbons (Fsp3) is 0.458. The highest BCUT2D eigenvalue weighted by Gasteiger charge is 2.45. The zero-order valence-electron chi connectivity index (χ0n) is 17.7. The van der Waals surface area contributed by atoms with Gasteiger partial charge in [-0.1, -0.05) is 31.5 Å². The molecule has 1 fully saturated rings. The molecule has 1 saturated carbocycles. The molecule has 0 unspecified atom stereocenters. The van der Waals surface area contributed by atoms with E-state index in [2.05, 4.69) is 4.90 Å². The number of alkyl halides is 3. The Labute approximate surface area is 180 Å². The number of esters is 1. The van der Waals surface area contributed by atoms with E-state index >= 15 is 0 Å². The SMILES string of the molecule is CCCCOc1c2c(c(C(F)(F)F)c(C)c1C(=O)Oc1ccccc1)CN(C1CC1)C2. The number of rotatable bonds is 7. The van der Waals surface area contributed by atoms with Gasteiger partial charge in [0.2, 0.25) is 0 Å². The van der Waals surface area contributed by atoms with Crippen LogP contribution in [0.4, 0.5) is 13.2 Å². The fourth-order valence-electron chi connectivity index (χ4n) is 4.22. The Kier molecular flexibility index (Phi) is 5.97. The van der Waals surface area contributed by atoms with Crippen molar-refractivity contribution in [3.8, 4) is 11.5 Å². The molecular weight excluding hydrogens is 407 g/mol. The number of fused-ring (bicyclic) bond motifs is 1. The minimum Gasteiger partial charge on any atom is -0.492 e. The number of hydrogen-bond donors (Lipinski definition) is 0. The van der Waals surface area contributed by atoms with Gasteiger partial charge in [0.15, 0.2) is 0 Å². The van der Waals surface area contributed by atoms with Crippen molar-refractivity contribution in [1.29, 1.82) is 0 Å². The maximum Gasteiger partial charge on any atom is 0.417 e. The molecule has 0 atom stereocenters. The van der Waals surface area contributed by atoms with Crippen LogP contribution >= 0.6 is 0 Å². The van der Waals surface area contributed by atoms with E-state index in [1.807, 2.05) is 6.92 Å². The van der Waals surface area contributed by atoms with Crippen LogP contribution in [0.15, 0.2) is 30.3 Å². The topological polar surface area (TPSA) is 38.8 Å². The van der Waals surface area contributed by atoms with Crippen LogP contribution in [-0.2, 0) is 19.3 Å². The number of carbonyl (C=O) groups is 1. The molecule has 4 rings (SSSR count). The van der Waals surface area contributed by atoms with E-state index in [-0.39, 0.29) is 34.7 Å². The Hall–Kier alpha value is -2.54. The van der Waals surface area contributed by atoms with Crippen molar-refractivity contribution in [2.45, 2.75) is 64.8 Å². The second-order valence-corrected chi connectivity index (χ2v) is 8.20. The molecule has 31 heavy (non-hydrogen) atoms. The molecule has 2 aliphatic rings. The molecule has 0 spiro atoms. The van der Waals surface area contributed by atoms with Crippen LogP contribution in [0, 0.1) is 6.92 Å². The molecule has 0 bridgehead atoms. The Morgan fingerprint density at radius 2 is 1.81 bits per heavy atom. The number of hydrogen-bond acceptors (Lipinski definition) is 4. The quantitative estimate of drug-likeness (QED) is 0.310. The first-order valence-corrected chi connectivity index (χ1v) is 10.7. The molecule has 4 nitrogen and oxygen atoms in total. The van der Waals surface area contributed by atoms with Crippen LogP contribution in [0.5, 0.6) is 11.5 Å².